The maximum Gasteiger partial charge on any atom is 0.119 e. The highest BCUT2D eigenvalue weighted by atomic mass is 16.5. The van der Waals surface area contributed by atoms with Gasteiger partial charge in [0.25, 0.3) is 0 Å². The van der Waals surface area contributed by atoms with Gasteiger partial charge in [0, 0.05) is 0 Å². The molecule has 2 aromatic carbocycles. The second-order valence-electron chi connectivity index (χ2n) is 3.98. The fraction of sp³-hybridized carbons (Fsp3) is 0.294. The van der Waals surface area contributed by atoms with E-state index in [1.54, 1.807) is 13.2 Å². The van der Waals surface area contributed by atoms with Gasteiger partial charge in [-0.25, -0.2) is 0 Å². The molecule has 0 spiro atoms. The summed E-state index contributed by atoms with van der Waals surface area (Å²) in [5, 5.41) is 9.66. The average Bonchev–Trinajstić information content (AvgIpc) is 2.49. The molecular formula is C17H22O2. The summed E-state index contributed by atoms with van der Waals surface area (Å²) in [6.45, 7) is 4.00. The van der Waals surface area contributed by atoms with E-state index in [1.165, 1.54) is 5.56 Å². The van der Waals surface area contributed by atoms with Crippen LogP contribution in [0.25, 0.3) is 0 Å². The molecule has 2 aromatic rings. The van der Waals surface area contributed by atoms with Gasteiger partial charge in [0.05, 0.1) is 7.11 Å². The van der Waals surface area contributed by atoms with E-state index in [1.807, 2.05) is 50.2 Å². The fourth-order valence-electron chi connectivity index (χ4n) is 1.83. The first-order valence-electron chi connectivity index (χ1n) is 6.69. The Bertz CT molecular complexity index is 492. The number of aryl methyl sites for hydroxylation is 2. The minimum Gasteiger partial charge on any atom is -0.508 e. The standard InChI is InChI=1S/C15H16O2.C2H6/c1-17-14-7-4-5-12(11-14)9-10-13-6-2-3-8-15(13)16;1-2/h2-8,11,16H,9-10H2,1H3;1-2H3. The summed E-state index contributed by atoms with van der Waals surface area (Å²) in [6, 6.07) is 15.5. The molecule has 0 atom stereocenters. The third-order valence-corrected chi connectivity index (χ3v) is 2.81. The van der Waals surface area contributed by atoms with Crippen molar-refractivity contribution in [3.8, 4) is 11.5 Å². The first-order chi connectivity index (χ1) is 9.29. The molecule has 102 valence electrons. The van der Waals surface area contributed by atoms with Crippen LogP contribution in [-0.2, 0) is 12.8 Å². The van der Waals surface area contributed by atoms with Crippen LogP contribution in [0.3, 0.4) is 0 Å². The minimum absolute atomic E-state index is 0.371. The third-order valence-electron chi connectivity index (χ3n) is 2.81. The molecule has 0 aliphatic rings. The summed E-state index contributed by atoms with van der Waals surface area (Å²) < 4.78 is 5.18. The van der Waals surface area contributed by atoms with Crippen LogP contribution in [0.4, 0.5) is 0 Å². The Hall–Kier alpha value is -1.96. The van der Waals surface area contributed by atoms with Crippen molar-refractivity contribution in [2.75, 3.05) is 7.11 Å². The molecule has 0 aromatic heterocycles. The number of rotatable bonds is 4. The quantitative estimate of drug-likeness (QED) is 0.890. The Morgan fingerprint density at radius 3 is 2.37 bits per heavy atom. The Morgan fingerprint density at radius 2 is 1.68 bits per heavy atom. The smallest absolute Gasteiger partial charge is 0.119 e. The highest BCUT2D eigenvalue weighted by Crippen LogP contribution is 2.19. The van der Waals surface area contributed by atoms with E-state index < -0.39 is 0 Å². The molecule has 0 heterocycles. The van der Waals surface area contributed by atoms with Gasteiger partial charge in [0.1, 0.15) is 11.5 Å². The molecular weight excluding hydrogens is 236 g/mol. The molecule has 0 aliphatic carbocycles. The van der Waals surface area contributed by atoms with Crippen LogP contribution in [0.2, 0.25) is 0 Å². The van der Waals surface area contributed by atoms with E-state index in [-0.39, 0.29) is 0 Å². The van der Waals surface area contributed by atoms with Crippen molar-refractivity contribution in [3.05, 3.63) is 59.7 Å². The van der Waals surface area contributed by atoms with Crippen molar-refractivity contribution >= 4 is 0 Å². The van der Waals surface area contributed by atoms with E-state index in [0.717, 1.165) is 24.2 Å². The zero-order valence-electron chi connectivity index (χ0n) is 11.9. The highest BCUT2D eigenvalue weighted by molar-refractivity contribution is 5.34. The number of para-hydroxylation sites is 1. The van der Waals surface area contributed by atoms with Gasteiger partial charge in [0.15, 0.2) is 0 Å². The van der Waals surface area contributed by atoms with Gasteiger partial charge >= 0.3 is 0 Å². The maximum absolute atomic E-state index is 9.66. The Morgan fingerprint density at radius 1 is 0.947 bits per heavy atom. The Labute approximate surface area is 115 Å². The Balaban J connectivity index is 0.000000861. The molecule has 0 aliphatic heterocycles. The van der Waals surface area contributed by atoms with Crippen molar-refractivity contribution < 1.29 is 9.84 Å². The van der Waals surface area contributed by atoms with Crippen molar-refractivity contribution in [1.29, 1.82) is 0 Å². The lowest BCUT2D eigenvalue weighted by atomic mass is 10.0. The molecule has 0 fully saturated rings. The van der Waals surface area contributed by atoms with Gasteiger partial charge in [-0.3, -0.25) is 0 Å². The van der Waals surface area contributed by atoms with E-state index >= 15 is 0 Å². The summed E-state index contributed by atoms with van der Waals surface area (Å²) in [5.41, 5.74) is 2.20. The number of benzene rings is 2. The molecule has 19 heavy (non-hydrogen) atoms. The summed E-state index contributed by atoms with van der Waals surface area (Å²) in [4.78, 5) is 0. The van der Waals surface area contributed by atoms with Crippen molar-refractivity contribution in [3.63, 3.8) is 0 Å². The number of phenols is 1. The Kier molecular flexibility index (Phi) is 6.51. The maximum atomic E-state index is 9.66. The molecule has 0 saturated heterocycles. The predicted molar refractivity (Wildman–Crippen MR) is 79.9 cm³/mol. The normalized spacial score (nSPS) is 9.42. The van der Waals surface area contributed by atoms with Gasteiger partial charge in [-0.1, -0.05) is 44.2 Å². The van der Waals surface area contributed by atoms with Gasteiger partial charge in [-0.2, -0.15) is 0 Å². The monoisotopic (exact) mass is 258 g/mol. The van der Waals surface area contributed by atoms with Gasteiger partial charge in [-0.15, -0.1) is 0 Å². The molecule has 2 heteroatoms. The third kappa shape index (κ3) is 4.66. The SMILES string of the molecule is CC.COc1cccc(CCc2ccccc2O)c1. The van der Waals surface area contributed by atoms with Crippen LogP contribution in [0.5, 0.6) is 11.5 Å². The zero-order chi connectivity index (χ0) is 14.1. The van der Waals surface area contributed by atoms with Gasteiger partial charge < -0.3 is 9.84 Å². The summed E-state index contributed by atoms with van der Waals surface area (Å²) in [5.74, 6) is 1.25. The van der Waals surface area contributed by atoms with E-state index in [9.17, 15) is 5.11 Å². The first kappa shape index (κ1) is 15.1. The number of ether oxygens (including phenoxy) is 1. The van der Waals surface area contributed by atoms with Crippen molar-refractivity contribution in [1.82, 2.24) is 0 Å². The number of phenolic OH excluding ortho intramolecular Hbond substituents is 1. The number of hydrogen-bond donors (Lipinski definition) is 1. The summed E-state index contributed by atoms with van der Waals surface area (Å²) >= 11 is 0. The predicted octanol–water partition coefficient (Wildman–Crippen LogP) is 4.21. The number of hydrogen-bond acceptors (Lipinski definition) is 2. The van der Waals surface area contributed by atoms with Gasteiger partial charge in [-0.05, 0) is 42.2 Å². The van der Waals surface area contributed by atoms with E-state index in [4.69, 9.17) is 4.74 Å². The molecule has 2 rings (SSSR count). The highest BCUT2D eigenvalue weighted by Gasteiger charge is 2.01. The molecule has 0 bridgehead atoms. The lowest BCUT2D eigenvalue weighted by Gasteiger charge is -2.06. The zero-order valence-corrected chi connectivity index (χ0v) is 11.9. The van der Waals surface area contributed by atoms with Crippen LogP contribution in [0, 0.1) is 0 Å². The molecule has 0 amide bonds. The summed E-state index contributed by atoms with van der Waals surface area (Å²) in [6.07, 6.45) is 1.73. The second kappa shape index (κ2) is 8.20. The molecule has 2 nitrogen and oxygen atoms in total. The number of methoxy groups -OCH3 is 1. The lowest BCUT2D eigenvalue weighted by Crippen LogP contribution is -1.92. The minimum atomic E-state index is 0.371. The van der Waals surface area contributed by atoms with Crippen LogP contribution in [0.15, 0.2) is 48.5 Å². The lowest BCUT2D eigenvalue weighted by molar-refractivity contribution is 0.414. The largest absolute Gasteiger partial charge is 0.508 e. The van der Waals surface area contributed by atoms with Gasteiger partial charge in [0.2, 0.25) is 0 Å². The average molecular weight is 258 g/mol. The van der Waals surface area contributed by atoms with Crippen molar-refractivity contribution in [2.24, 2.45) is 0 Å². The van der Waals surface area contributed by atoms with Crippen LogP contribution in [-0.4, -0.2) is 12.2 Å². The fourth-order valence-corrected chi connectivity index (χ4v) is 1.83. The summed E-state index contributed by atoms with van der Waals surface area (Å²) in [7, 11) is 1.67. The van der Waals surface area contributed by atoms with Crippen LogP contribution >= 0.6 is 0 Å². The van der Waals surface area contributed by atoms with Crippen LogP contribution < -0.4 is 4.74 Å². The molecule has 1 N–H and O–H groups in total. The molecule has 0 saturated carbocycles. The number of aromatic hydroxyl groups is 1. The van der Waals surface area contributed by atoms with Crippen LogP contribution in [0.1, 0.15) is 25.0 Å². The first-order valence-corrected chi connectivity index (χ1v) is 6.69. The van der Waals surface area contributed by atoms with E-state index in [2.05, 4.69) is 6.07 Å². The van der Waals surface area contributed by atoms with Crippen molar-refractivity contribution in [2.45, 2.75) is 26.7 Å². The second-order valence-corrected chi connectivity index (χ2v) is 3.98. The topological polar surface area (TPSA) is 29.5 Å². The van der Waals surface area contributed by atoms with E-state index in [0.29, 0.717) is 5.75 Å². The molecule has 0 unspecified atom stereocenters. The molecule has 0 radical (unpaired) electrons.